The van der Waals surface area contributed by atoms with Crippen LogP contribution in [-0.4, -0.2) is 62.7 Å². The fourth-order valence-corrected chi connectivity index (χ4v) is 2.44. The van der Waals surface area contributed by atoms with Gasteiger partial charge in [-0.05, 0) is 27.7 Å². The number of hydrogen-bond donors (Lipinski definition) is 2. The molecule has 11 nitrogen and oxygen atoms in total. The first kappa shape index (κ1) is 25.8. The second-order valence-electron chi connectivity index (χ2n) is 6.58. The van der Waals surface area contributed by atoms with Gasteiger partial charge in [0.05, 0.1) is 13.2 Å². The fourth-order valence-electron chi connectivity index (χ4n) is 2.44. The lowest BCUT2D eigenvalue weighted by atomic mass is 10.2. The van der Waals surface area contributed by atoms with Gasteiger partial charge in [0, 0.05) is 18.0 Å². The van der Waals surface area contributed by atoms with E-state index in [9.17, 15) is 19.8 Å². The minimum Gasteiger partial charge on any atom is -0.512 e. The van der Waals surface area contributed by atoms with Crippen molar-refractivity contribution in [3.8, 4) is 11.4 Å². The Balaban J connectivity index is 2.53. The highest BCUT2D eigenvalue weighted by Crippen LogP contribution is 2.20. The van der Waals surface area contributed by atoms with Crippen LogP contribution in [0.4, 0.5) is 11.9 Å². The molecule has 0 bridgehead atoms. The van der Waals surface area contributed by atoms with Crippen LogP contribution in [0.2, 0.25) is 0 Å². The summed E-state index contributed by atoms with van der Waals surface area (Å²) < 4.78 is 9.81. The Morgan fingerprint density at radius 2 is 1.26 bits per heavy atom. The quantitative estimate of drug-likeness (QED) is 0.243. The molecule has 0 fully saturated rings. The van der Waals surface area contributed by atoms with Crippen molar-refractivity contribution in [3.63, 3.8) is 0 Å². The molecule has 0 aliphatic heterocycles. The standard InChI is InChI=1S/C23H25N5O6/c1-5-33-20(31)17(14(3)29)12-24-22-26-19(16-10-8-7-9-11-16)27-23(28-22)25-13-18(15(4)30)21(32)34-6-2/h7-13,29-30H,5-6H2,1-4H3. The van der Waals surface area contributed by atoms with Crippen LogP contribution < -0.4 is 0 Å². The van der Waals surface area contributed by atoms with Crippen LogP contribution in [0.1, 0.15) is 27.7 Å². The van der Waals surface area contributed by atoms with Crippen LogP contribution in [0.25, 0.3) is 11.4 Å². The van der Waals surface area contributed by atoms with Crippen LogP contribution in [0, 0.1) is 0 Å². The topological polar surface area (TPSA) is 156 Å². The molecule has 1 aromatic carbocycles. The number of aliphatic hydroxyl groups is 2. The Morgan fingerprint density at radius 3 is 1.65 bits per heavy atom. The predicted molar refractivity (Wildman–Crippen MR) is 125 cm³/mol. The van der Waals surface area contributed by atoms with Crippen molar-refractivity contribution in [1.82, 2.24) is 15.0 Å². The van der Waals surface area contributed by atoms with E-state index >= 15 is 0 Å². The fraction of sp³-hybridized carbons (Fsp3) is 0.261. The third kappa shape index (κ3) is 7.33. The average Bonchev–Trinajstić information content (AvgIpc) is 2.79. The van der Waals surface area contributed by atoms with Crippen LogP contribution in [0.3, 0.4) is 0 Å². The number of rotatable bonds is 9. The molecule has 0 aliphatic carbocycles. The number of hydrogen-bond acceptors (Lipinski definition) is 11. The SMILES string of the molecule is CCOC(=O)C(C=Nc1nc(N=CC(C(=O)OCC)=C(C)O)nc(-c2ccccc2)n1)=C(C)O. The first-order chi connectivity index (χ1) is 16.3. The molecule has 0 unspecified atom stereocenters. The van der Waals surface area contributed by atoms with E-state index in [0.29, 0.717) is 5.56 Å². The molecule has 0 radical (unpaired) electrons. The van der Waals surface area contributed by atoms with E-state index in [1.54, 1.807) is 38.1 Å². The van der Waals surface area contributed by atoms with E-state index < -0.39 is 11.9 Å². The molecule has 2 rings (SSSR count). The second kappa shape index (κ2) is 12.6. The molecule has 1 heterocycles. The summed E-state index contributed by atoms with van der Waals surface area (Å²) in [6.45, 7) is 6.14. The lowest BCUT2D eigenvalue weighted by molar-refractivity contribution is -0.139. The molecule has 34 heavy (non-hydrogen) atoms. The zero-order valence-electron chi connectivity index (χ0n) is 19.2. The van der Waals surface area contributed by atoms with Gasteiger partial charge in [-0.15, -0.1) is 0 Å². The van der Waals surface area contributed by atoms with Crippen LogP contribution >= 0.6 is 0 Å². The highest BCUT2D eigenvalue weighted by molar-refractivity contribution is 6.11. The van der Waals surface area contributed by atoms with Gasteiger partial charge in [-0.2, -0.15) is 15.0 Å². The van der Waals surface area contributed by atoms with Crippen molar-refractivity contribution in [2.24, 2.45) is 9.98 Å². The summed E-state index contributed by atoms with van der Waals surface area (Å²) in [5, 5.41) is 19.6. The van der Waals surface area contributed by atoms with E-state index in [-0.39, 0.29) is 53.6 Å². The summed E-state index contributed by atoms with van der Waals surface area (Å²) >= 11 is 0. The molecular formula is C23H25N5O6. The van der Waals surface area contributed by atoms with E-state index in [1.165, 1.54) is 13.8 Å². The molecule has 0 spiro atoms. The van der Waals surface area contributed by atoms with Gasteiger partial charge in [0.1, 0.15) is 22.7 Å². The number of ether oxygens (including phenoxy) is 2. The van der Waals surface area contributed by atoms with Gasteiger partial charge in [-0.25, -0.2) is 19.6 Å². The highest BCUT2D eigenvalue weighted by atomic mass is 16.5. The van der Waals surface area contributed by atoms with Gasteiger partial charge >= 0.3 is 11.9 Å². The molecule has 178 valence electrons. The largest absolute Gasteiger partial charge is 0.512 e. The molecule has 0 amide bonds. The molecule has 2 aromatic rings. The molecule has 11 heteroatoms. The molecule has 0 saturated carbocycles. The number of carbonyl (C=O) groups is 2. The number of allylic oxidation sites excluding steroid dienone is 2. The summed E-state index contributed by atoms with van der Waals surface area (Å²) in [6, 6.07) is 8.93. The second-order valence-corrected chi connectivity index (χ2v) is 6.58. The van der Waals surface area contributed by atoms with Crippen LogP contribution in [0.5, 0.6) is 0 Å². The predicted octanol–water partition coefficient (Wildman–Crippen LogP) is 3.73. The molecule has 1 aromatic heterocycles. The van der Waals surface area contributed by atoms with E-state index in [2.05, 4.69) is 24.9 Å². The van der Waals surface area contributed by atoms with Gasteiger partial charge in [-0.3, -0.25) is 0 Å². The maximum Gasteiger partial charge on any atom is 0.343 e. The van der Waals surface area contributed by atoms with E-state index in [1.807, 2.05) is 6.07 Å². The minimum absolute atomic E-state index is 0.118. The molecule has 0 saturated heterocycles. The maximum atomic E-state index is 12.0. The van der Waals surface area contributed by atoms with Crippen molar-refractivity contribution < 1.29 is 29.3 Å². The minimum atomic E-state index is -0.760. The molecule has 0 aliphatic rings. The van der Waals surface area contributed by atoms with Crippen LogP contribution in [0.15, 0.2) is 63.0 Å². The van der Waals surface area contributed by atoms with Gasteiger partial charge in [0.2, 0.25) is 0 Å². The zero-order chi connectivity index (χ0) is 25.1. The molecule has 2 N–H and O–H groups in total. The first-order valence-electron chi connectivity index (χ1n) is 10.3. The lowest BCUT2D eigenvalue weighted by Crippen LogP contribution is -2.11. The Labute approximate surface area is 196 Å². The molecular weight excluding hydrogens is 442 g/mol. The number of nitrogens with zero attached hydrogens (tertiary/aromatic N) is 5. The summed E-state index contributed by atoms with van der Waals surface area (Å²) in [4.78, 5) is 44.9. The van der Waals surface area contributed by atoms with Crippen LogP contribution in [-0.2, 0) is 19.1 Å². The smallest absolute Gasteiger partial charge is 0.343 e. The van der Waals surface area contributed by atoms with Crippen molar-refractivity contribution in [2.75, 3.05) is 13.2 Å². The van der Waals surface area contributed by atoms with Crippen molar-refractivity contribution in [1.29, 1.82) is 0 Å². The van der Waals surface area contributed by atoms with Crippen molar-refractivity contribution in [3.05, 3.63) is 53.0 Å². The third-order valence-corrected chi connectivity index (χ3v) is 4.03. The summed E-state index contributed by atoms with van der Waals surface area (Å²) in [5.41, 5.74) is 0.297. The Bertz CT molecular complexity index is 1080. The monoisotopic (exact) mass is 467 g/mol. The van der Waals surface area contributed by atoms with Gasteiger partial charge in [0.25, 0.3) is 11.9 Å². The first-order valence-corrected chi connectivity index (χ1v) is 10.3. The van der Waals surface area contributed by atoms with Gasteiger partial charge in [-0.1, -0.05) is 30.3 Å². The molecule has 0 atom stereocenters. The number of aliphatic imine (C=N–C) groups is 2. The normalized spacial score (nSPS) is 12.9. The number of aromatic nitrogens is 3. The Kier molecular flexibility index (Phi) is 9.56. The van der Waals surface area contributed by atoms with Crippen molar-refractivity contribution >= 4 is 36.3 Å². The summed E-state index contributed by atoms with van der Waals surface area (Å²) in [7, 11) is 0. The number of aliphatic hydroxyl groups excluding tert-OH is 2. The van der Waals surface area contributed by atoms with Gasteiger partial charge in [0.15, 0.2) is 5.82 Å². The summed E-state index contributed by atoms with van der Waals surface area (Å²) in [6.07, 6.45) is 2.15. The average molecular weight is 467 g/mol. The highest BCUT2D eigenvalue weighted by Gasteiger charge is 2.15. The maximum absolute atomic E-state index is 12.0. The number of benzene rings is 1. The zero-order valence-corrected chi connectivity index (χ0v) is 19.2. The van der Waals surface area contributed by atoms with Gasteiger partial charge < -0.3 is 19.7 Å². The number of esters is 2. The Morgan fingerprint density at radius 1 is 0.824 bits per heavy atom. The lowest BCUT2D eigenvalue weighted by Gasteiger charge is -2.05. The Hall–Kier alpha value is -4.41. The van der Waals surface area contributed by atoms with E-state index in [4.69, 9.17) is 9.47 Å². The summed E-state index contributed by atoms with van der Waals surface area (Å²) in [5.74, 6) is -2.12. The van der Waals surface area contributed by atoms with Crippen molar-refractivity contribution in [2.45, 2.75) is 27.7 Å². The third-order valence-electron chi connectivity index (χ3n) is 4.03. The van der Waals surface area contributed by atoms with E-state index in [0.717, 1.165) is 12.4 Å². The number of carbonyl (C=O) groups excluding carboxylic acids is 2.